The van der Waals surface area contributed by atoms with Crippen molar-refractivity contribution in [2.75, 3.05) is 20.1 Å². The maximum absolute atomic E-state index is 6.35. The summed E-state index contributed by atoms with van der Waals surface area (Å²) in [5.74, 6) is 1.88. The highest BCUT2D eigenvalue weighted by molar-refractivity contribution is 5.81. The Balaban J connectivity index is 2.13. The minimum absolute atomic E-state index is 0.411. The minimum Gasteiger partial charge on any atom is -0.370 e. The van der Waals surface area contributed by atoms with Gasteiger partial charge in [-0.1, -0.05) is 13.8 Å². The smallest absolute Gasteiger partial charge is 0.196 e. The zero-order valence-electron chi connectivity index (χ0n) is 12.1. The Bertz CT molecular complexity index is 389. The minimum atomic E-state index is -0.684. The highest BCUT2D eigenvalue weighted by atomic mass is 15.3. The molecule has 19 heavy (non-hydrogen) atoms. The van der Waals surface area contributed by atoms with Gasteiger partial charge >= 0.3 is 0 Å². The molecule has 6 heteroatoms. The average Bonchev–Trinajstić information content (AvgIpc) is 2.74. The zero-order chi connectivity index (χ0) is 14.0. The van der Waals surface area contributed by atoms with E-state index in [1.165, 1.54) is 0 Å². The van der Waals surface area contributed by atoms with Crippen LogP contribution in [0.25, 0.3) is 0 Å². The summed E-state index contributed by atoms with van der Waals surface area (Å²) in [5, 5.41) is 6.45. The van der Waals surface area contributed by atoms with E-state index < -0.39 is 5.66 Å². The van der Waals surface area contributed by atoms with Crippen LogP contribution in [0.3, 0.4) is 0 Å². The number of likely N-dealkylation sites (tertiary alicyclic amines) is 1. The molecule has 108 valence electrons. The summed E-state index contributed by atoms with van der Waals surface area (Å²) in [4.78, 5) is 6.64. The number of nitrogens with two attached hydrogens (primary N) is 2. The van der Waals surface area contributed by atoms with Crippen LogP contribution in [0.1, 0.15) is 26.7 Å². The first kappa shape index (κ1) is 14.1. The summed E-state index contributed by atoms with van der Waals surface area (Å²) in [6.07, 6.45) is 3.94. The Morgan fingerprint density at radius 3 is 2.95 bits per heavy atom. The third-order valence-electron chi connectivity index (χ3n) is 3.64. The van der Waals surface area contributed by atoms with Crippen LogP contribution in [-0.2, 0) is 0 Å². The summed E-state index contributed by atoms with van der Waals surface area (Å²) in [5.41, 5.74) is 11.6. The number of rotatable bonds is 4. The van der Waals surface area contributed by atoms with Crippen LogP contribution in [0, 0.1) is 5.92 Å². The molecule has 1 saturated heterocycles. The fourth-order valence-electron chi connectivity index (χ4n) is 2.83. The summed E-state index contributed by atoms with van der Waals surface area (Å²) in [7, 11) is 2.00. The summed E-state index contributed by atoms with van der Waals surface area (Å²) in [6, 6.07) is 0.528. The molecule has 0 aromatic carbocycles. The molecule has 0 aliphatic carbocycles. The van der Waals surface area contributed by atoms with Crippen molar-refractivity contribution >= 4 is 5.96 Å². The van der Waals surface area contributed by atoms with E-state index >= 15 is 0 Å². The van der Waals surface area contributed by atoms with E-state index in [-0.39, 0.29) is 0 Å². The van der Waals surface area contributed by atoms with Gasteiger partial charge in [0.05, 0.1) is 0 Å². The van der Waals surface area contributed by atoms with Crippen LogP contribution in [0.15, 0.2) is 16.9 Å². The number of guanidine groups is 1. The van der Waals surface area contributed by atoms with Gasteiger partial charge in [-0.2, -0.15) is 0 Å². The lowest BCUT2D eigenvalue weighted by Crippen LogP contribution is -2.50. The van der Waals surface area contributed by atoms with Crippen molar-refractivity contribution in [2.45, 2.75) is 38.4 Å². The van der Waals surface area contributed by atoms with E-state index in [9.17, 15) is 0 Å². The van der Waals surface area contributed by atoms with Crippen molar-refractivity contribution in [1.29, 1.82) is 0 Å². The van der Waals surface area contributed by atoms with Crippen molar-refractivity contribution in [1.82, 2.24) is 15.5 Å². The molecule has 0 radical (unpaired) electrons. The monoisotopic (exact) mass is 266 g/mol. The van der Waals surface area contributed by atoms with Crippen molar-refractivity contribution in [3.8, 4) is 0 Å². The second kappa shape index (κ2) is 5.38. The predicted octanol–water partition coefficient (Wildman–Crippen LogP) is -0.259. The van der Waals surface area contributed by atoms with Gasteiger partial charge < -0.3 is 27.0 Å². The SMILES string of the molecule is CN[C@@H]1CCN(C2=CC(N)(CC(C)C)N=C(N)N2)C1. The molecule has 0 spiro atoms. The summed E-state index contributed by atoms with van der Waals surface area (Å²) < 4.78 is 0. The van der Waals surface area contributed by atoms with Gasteiger partial charge in [-0.15, -0.1) is 0 Å². The largest absolute Gasteiger partial charge is 0.370 e. The molecule has 2 aliphatic rings. The van der Waals surface area contributed by atoms with Gasteiger partial charge in [0.2, 0.25) is 0 Å². The molecule has 1 unspecified atom stereocenters. The van der Waals surface area contributed by atoms with Crippen LogP contribution in [-0.4, -0.2) is 42.7 Å². The van der Waals surface area contributed by atoms with Gasteiger partial charge in [0.1, 0.15) is 11.5 Å². The van der Waals surface area contributed by atoms with E-state index in [1.54, 1.807) is 0 Å². The predicted molar refractivity (Wildman–Crippen MR) is 78.3 cm³/mol. The van der Waals surface area contributed by atoms with Crippen LogP contribution >= 0.6 is 0 Å². The van der Waals surface area contributed by atoms with Gasteiger partial charge in [0.25, 0.3) is 0 Å². The highest BCUT2D eigenvalue weighted by Gasteiger charge is 2.31. The molecule has 2 aliphatic heterocycles. The van der Waals surface area contributed by atoms with E-state index in [2.05, 4.69) is 34.4 Å². The first-order chi connectivity index (χ1) is 8.92. The summed E-state index contributed by atoms with van der Waals surface area (Å²) in [6.45, 7) is 6.27. The number of likely N-dealkylation sites (N-methyl/N-ethyl adjacent to an activating group) is 1. The molecule has 2 rings (SSSR count). The maximum Gasteiger partial charge on any atom is 0.196 e. The van der Waals surface area contributed by atoms with Crippen LogP contribution in [0.2, 0.25) is 0 Å². The van der Waals surface area contributed by atoms with Gasteiger partial charge in [0, 0.05) is 19.1 Å². The maximum atomic E-state index is 6.35. The van der Waals surface area contributed by atoms with E-state index in [4.69, 9.17) is 11.5 Å². The Morgan fingerprint density at radius 1 is 1.63 bits per heavy atom. The van der Waals surface area contributed by atoms with Crippen LogP contribution in [0.5, 0.6) is 0 Å². The zero-order valence-corrected chi connectivity index (χ0v) is 12.1. The van der Waals surface area contributed by atoms with E-state index in [1.807, 2.05) is 13.1 Å². The van der Waals surface area contributed by atoms with Gasteiger partial charge in [-0.3, -0.25) is 0 Å². The second-order valence-corrected chi connectivity index (χ2v) is 5.96. The molecule has 0 aromatic heterocycles. The number of nitrogens with zero attached hydrogens (tertiary/aromatic N) is 2. The molecule has 2 heterocycles. The molecule has 1 fully saturated rings. The Kier molecular flexibility index (Phi) is 4.01. The molecule has 6 nitrogen and oxygen atoms in total. The van der Waals surface area contributed by atoms with Crippen LogP contribution in [0.4, 0.5) is 0 Å². The van der Waals surface area contributed by atoms with Crippen molar-refractivity contribution in [2.24, 2.45) is 22.4 Å². The van der Waals surface area contributed by atoms with Crippen molar-refractivity contribution < 1.29 is 0 Å². The van der Waals surface area contributed by atoms with Crippen molar-refractivity contribution in [3.05, 3.63) is 11.9 Å². The second-order valence-electron chi connectivity index (χ2n) is 5.96. The quantitative estimate of drug-likeness (QED) is 0.563. The number of hydrogen-bond acceptors (Lipinski definition) is 6. The number of nitrogens with one attached hydrogen (secondary N) is 2. The third kappa shape index (κ3) is 3.39. The lowest BCUT2D eigenvalue weighted by Gasteiger charge is -2.33. The topological polar surface area (TPSA) is 91.7 Å². The van der Waals surface area contributed by atoms with Crippen LogP contribution < -0.4 is 22.1 Å². The Morgan fingerprint density at radius 2 is 2.37 bits per heavy atom. The lowest BCUT2D eigenvalue weighted by molar-refractivity contribution is 0.359. The number of hydrogen-bond donors (Lipinski definition) is 4. The normalized spacial score (nSPS) is 31.2. The fourth-order valence-corrected chi connectivity index (χ4v) is 2.83. The molecule has 0 aromatic rings. The fraction of sp³-hybridized carbons (Fsp3) is 0.769. The number of aliphatic imine (C=N–C) groups is 1. The first-order valence-corrected chi connectivity index (χ1v) is 6.98. The molecule has 6 N–H and O–H groups in total. The molecular weight excluding hydrogens is 240 g/mol. The average molecular weight is 266 g/mol. The van der Waals surface area contributed by atoms with Gasteiger partial charge in [-0.25, -0.2) is 4.99 Å². The molecule has 0 saturated carbocycles. The van der Waals surface area contributed by atoms with E-state index in [0.29, 0.717) is 17.9 Å². The van der Waals surface area contributed by atoms with Gasteiger partial charge in [0.15, 0.2) is 5.96 Å². The third-order valence-corrected chi connectivity index (χ3v) is 3.64. The van der Waals surface area contributed by atoms with Gasteiger partial charge in [-0.05, 0) is 31.9 Å². The molecular formula is C13H26N6. The van der Waals surface area contributed by atoms with E-state index in [0.717, 1.165) is 31.8 Å². The highest BCUT2D eigenvalue weighted by Crippen LogP contribution is 2.24. The van der Waals surface area contributed by atoms with Crippen molar-refractivity contribution in [3.63, 3.8) is 0 Å². The lowest BCUT2D eigenvalue weighted by atomic mass is 9.97. The Hall–Kier alpha value is -1.27. The standard InChI is InChI=1S/C13H26N6/c1-9(2)6-13(15)7-11(17-12(14)18-13)19-5-4-10(8-19)16-3/h7,9-10,16H,4-6,8,15H2,1-3H3,(H3,14,17,18)/t10-,13?/m1/s1. The molecule has 0 bridgehead atoms. The first-order valence-electron chi connectivity index (χ1n) is 6.98. The summed E-state index contributed by atoms with van der Waals surface area (Å²) >= 11 is 0. The molecule has 0 amide bonds. The Labute approximate surface area is 115 Å². The molecule has 2 atom stereocenters.